The highest BCUT2D eigenvalue weighted by Gasteiger charge is 2.24. The number of rotatable bonds is 5. The van der Waals surface area contributed by atoms with Gasteiger partial charge in [-0.05, 0) is 49.0 Å². The number of halogens is 3. The number of alkyl halides is 2. The van der Waals surface area contributed by atoms with Crippen LogP contribution in [-0.2, 0) is 16.9 Å². The second-order valence-electron chi connectivity index (χ2n) is 6.43. The van der Waals surface area contributed by atoms with Crippen LogP contribution < -0.4 is 11.5 Å². The van der Waals surface area contributed by atoms with E-state index in [1.165, 1.54) is 52.7 Å². The zero-order valence-corrected chi connectivity index (χ0v) is 20.7. The normalized spacial score (nSPS) is 9.66. The molecule has 0 saturated carbocycles. The molecule has 3 rings (SSSR count). The largest absolute Gasteiger partial charge is 0.507 e. The molecule has 1 amide bonds. The van der Waals surface area contributed by atoms with Crippen molar-refractivity contribution in [1.29, 1.82) is 5.41 Å². The van der Waals surface area contributed by atoms with Crippen molar-refractivity contribution in [3.05, 3.63) is 94.0 Å². The second kappa shape index (κ2) is 16.3. The number of phenols is 2. The van der Waals surface area contributed by atoms with Gasteiger partial charge in [0.05, 0.1) is 5.02 Å². The molecule has 0 aliphatic heterocycles. The number of hydrogen-bond donors (Lipinski definition) is 5. The van der Waals surface area contributed by atoms with Crippen molar-refractivity contribution < 1.29 is 28.6 Å². The minimum Gasteiger partial charge on any atom is -0.507 e. The number of para-hydroxylation sites is 1. The van der Waals surface area contributed by atoms with E-state index < -0.39 is 11.6 Å². The minimum atomic E-state index is -2.92. The standard InChI is InChI=1S/C9H9F2OP.C7H6ClNO2.C7H7NO.CH5N/c10-9(11,13)8-3-1-2-7(6-8)4-5-12;8-5-3-4(7(9)11)1-2-6(5)10;8-5-6-3-1-2-4-7(6)9;1-2/h1-3,5-6H,4,13H2;1-3,10H,(H2,9,11);1-5,8-9H;2H2,1H3. The summed E-state index contributed by atoms with van der Waals surface area (Å²) in [6.45, 7) is 0. The van der Waals surface area contributed by atoms with Gasteiger partial charge in [-0.2, -0.15) is 8.78 Å². The Hall–Kier alpha value is -3.39. The smallest absolute Gasteiger partial charge is 0.283 e. The molecular weight excluding hydrogens is 499 g/mol. The monoisotopic (exact) mass is 525 g/mol. The maximum Gasteiger partial charge on any atom is 0.283 e. The number of carbonyl (C=O) groups excluding carboxylic acids is 2. The number of aldehydes is 1. The summed E-state index contributed by atoms with van der Waals surface area (Å²) in [5.41, 5.74) is 7.89. The lowest BCUT2D eigenvalue weighted by Crippen LogP contribution is -2.10. The molecule has 0 aliphatic carbocycles. The zero-order valence-electron chi connectivity index (χ0n) is 18.8. The van der Waals surface area contributed by atoms with Crippen molar-refractivity contribution in [3.8, 4) is 11.5 Å². The Morgan fingerprint density at radius 3 is 2.14 bits per heavy atom. The van der Waals surface area contributed by atoms with Crippen LogP contribution >= 0.6 is 20.8 Å². The van der Waals surface area contributed by atoms with Crippen LogP contribution in [0.3, 0.4) is 0 Å². The van der Waals surface area contributed by atoms with Crippen molar-refractivity contribution in [3.63, 3.8) is 0 Å². The van der Waals surface area contributed by atoms with Gasteiger partial charge in [-0.25, -0.2) is 0 Å². The maximum absolute atomic E-state index is 12.7. The Balaban J connectivity index is 0.000000485. The predicted molar refractivity (Wildman–Crippen MR) is 138 cm³/mol. The summed E-state index contributed by atoms with van der Waals surface area (Å²) < 4.78 is 25.5. The Kier molecular flexibility index (Phi) is 14.7. The molecule has 0 fully saturated rings. The van der Waals surface area contributed by atoms with E-state index in [0.717, 1.165) is 6.21 Å². The van der Waals surface area contributed by atoms with E-state index in [4.69, 9.17) is 33.0 Å². The Morgan fingerprint density at radius 1 is 1.06 bits per heavy atom. The fourth-order valence-electron chi connectivity index (χ4n) is 2.27. The third-order valence-electron chi connectivity index (χ3n) is 3.96. The highest BCUT2D eigenvalue weighted by molar-refractivity contribution is 7.17. The molecule has 0 aromatic heterocycles. The van der Waals surface area contributed by atoms with Crippen LogP contribution in [0.25, 0.3) is 0 Å². The first-order chi connectivity index (χ1) is 16.5. The van der Waals surface area contributed by atoms with E-state index in [-0.39, 0.29) is 34.1 Å². The number of nitrogens with one attached hydrogen (secondary N) is 1. The molecule has 1 unspecified atom stereocenters. The van der Waals surface area contributed by atoms with Gasteiger partial charge in [0.2, 0.25) is 5.91 Å². The SMILES string of the molecule is CN.N=Cc1ccccc1O.NC(=O)c1ccc(O)c(Cl)c1.O=CCc1cccc(C(F)(F)P)c1. The highest BCUT2D eigenvalue weighted by Crippen LogP contribution is 2.34. The van der Waals surface area contributed by atoms with Crippen molar-refractivity contribution in [2.75, 3.05) is 7.05 Å². The summed E-state index contributed by atoms with van der Waals surface area (Å²) in [6, 6.07) is 16.6. The van der Waals surface area contributed by atoms with E-state index in [1.54, 1.807) is 30.3 Å². The lowest BCUT2D eigenvalue weighted by atomic mass is 10.1. The number of phenolic OH excluding ortho intramolecular Hbond substituents is 2. The fourth-order valence-corrected chi connectivity index (χ4v) is 2.63. The highest BCUT2D eigenvalue weighted by atomic mass is 35.5. The molecule has 3 aromatic carbocycles. The minimum absolute atomic E-state index is 0.0586. The fraction of sp³-hybridized carbons (Fsp3) is 0.125. The van der Waals surface area contributed by atoms with E-state index in [9.17, 15) is 18.4 Å². The lowest BCUT2D eigenvalue weighted by molar-refractivity contribution is -0.107. The van der Waals surface area contributed by atoms with E-state index in [2.05, 4.69) is 5.73 Å². The number of amides is 1. The van der Waals surface area contributed by atoms with Crippen LogP contribution in [0.5, 0.6) is 11.5 Å². The van der Waals surface area contributed by atoms with E-state index in [0.29, 0.717) is 17.4 Å². The molecule has 7 nitrogen and oxygen atoms in total. The molecule has 7 N–H and O–H groups in total. The van der Waals surface area contributed by atoms with Gasteiger partial charge in [0.25, 0.3) is 5.66 Å². The van der Waals surface area contributed by atoms with Gasteiger partial charge >= 0.3 is 0 Å². The second-order valence-corrected chi connectivity index (χ2v) is 7.56. The number of hydrogen-bond acceptors (Lipinski definition) is 6. The molecule has 0 aliphatic rings. The number of carbonyl (C=O) groups is 2. The van der Waals surface area contributed by atoms with Crippen molar-refractivity contribution in [2.45, 2.75) is 12.1 Å². The molecule has 35 heavy (non-hydrogen) atoms. The quantitative estimate of drug-likeness (QED) is 0.189. The summed E-state index contributed by atoms with van der Waals surface area (Å²) >= 11 is 5.50. The third kappa shape index (κ3) is 12.0. The van der Waals surface area contributed by atoms with Gasteiger partial charge in [-0.1, -0.05) is 51.2 Å². The Bertz CT molecular complexity index is 1110. The van der Waals surface area contributed by atoms with Crippen LogP contribution in [0.4, 0.5) is 8.78 Å². The number of aromatic hydroxyl groups is 2. The van der Waals surface area contributed by atoms with Crippen LogP contribution in [0, 0.1) is 5.41 Å². The molecular formula is C24H27ClF2N3O4P. The van der Waals surface area contributed by atoms with Crippen LogP contribution in [0.2, 0.25) is 5.02 Å². The number of benzene rings is 3. The number of nitrogens with two attached hydrogens (primary N) is 2. The average Bonchev–Trinajstić information content (AvgIpc) is 2.83. The van der Waals surface area contributed by atoms with Crippen molar-refractivity contribution >= 4 is 39.2 Å². The van der Waals surface area contributed by atoms with Gasteiger partial charge in [0.15, 0.2) is 0 Å². The van der Waals surface area contributed by atoms with Crippen LogP contribution in [0.1, 0.15) is 27.0 Å². The van der Waals surface area contributed by atoms with E-state index >= 15 is 0 Å². The molecule has 0 bridgehead atoms. The lowest BCUT2D eigenvalue weighted by Gasteiger charge is -2.10. The third-order valence-corrected chi connectivity index (χ3v) is 4.59. The molecule has 3 aromatic rings. The predicted octanol–water partition coefficient (Wildman–Crippen LogP) is 4.46. The number of primary amides is 1. The molecule has 0 radical (unpaired) electrons. The molecule has 188 valence electrons. The summed E-state index contributed by atoms with van der Waals surface area (Å²) in [7, 11) is 2.97. The maximum atomic E-state index is 12.7. The van der Waals surface area contributed by atoms with Gasteiger partial charge < -0.3 is 31.9 Å². The summed E-state index contributed by atoms with van der Waals surface area (Å²) in [4.78, 5) is 20.7. The van der Waals surface area contributed by atoms with Crippen molar-refractivity contribution in [1.82, 2.24) is 0 Å². The van der Waals surface area contributed by atoms with E-state index in [1.807, 2.05) is 0 Å². The topological polar surface area (TPSA) is 150 Å². The summed E-state index contributed by atoms with van der Waals surface area (Å²) in [5, 5.41) is 24.8. The molecule has 0 saturated heterocycles. The van der Waals surface area contributed by atoms with Crippen LogP contribution in [0.15, 0.2) is 66.7 Å². The van der Waals surface area contributed by atoms with Gasteiger partial charge in [0, 0.05) is 29.3 Å². The first kappa shape index (κ1) is 31.6. The average molecular weight is 526 g/mol. The first-order valence-corrected chi connectivity index (χ1v) is 10.8. The first-order valence-electron chi connectivity index (χ1n) is 9.83. The molecule has 0 heterocycles. The summed E-state index contributed by atoms with van der Waals surface area (Å²) in [5.74, 6) is -0.462. The van der Waals surface area contributed by atoms with Crippen LogP contribution in [-0.4, -0.2) is 35.7 Å². The summed E-state index contributed by atoms with van der Waals surface area (Å²) in [6.07, 6.45) is 1.99. The molecule has 11 heteroatoms. The molecule has 1 atom stereocenters. The Morgan fingerprint density at radius 2 is 1.69 bits per heavy atom. The zero-order chi connectivity index (χ0) is 27.0. The van der Waals surface area contributed by atoms with Crippen molar-refractivity contribution in [2.24, 2.45) is 11.5 Å². The van der Waals surface area contributed by atoms with Gasteiger partial charge in [-0.15, -0.1) is 0 Å². The molecule has 0 spiro atoms. The Labute approximate surface area is 209 Å². The van der Waals surface area contributed by atoms with Gasteiger partial charge in [0.1, 0.15) is 17.8 Å². The van der Waals surface area contributed by atoms with Gasteiger partial charge in [-0.3, -0.25) is 4.79 Å².